The second-order valence-corrected chi connectivity index (χ2v) is 3.51. The van der Waals surface area contributed by atoms with Gasteiger partial charge in [0.2, 0.25) is 0 Å². The number of nitrogens with two attached hydrogens (primary N) is 1. The second-order valence-electron chi connectivity index (χ2n) is 3.51. The standard InChI is InChI=1S/C11H12N2O5/c1-6-2-3-8(7(4-6)10(15)16)18-5-9(14)13-11(12)17/h2-4H,5H2,1H3,(H,15,16)(H3,12,13,14,17). The highest BCUT2D eigenvalue weighted by molar-refractivity contribution is 5.94. The third-order valence-electron chi connectivity index (χ3n) is 1.99. The number of benzene rings is 1. The molecule has 0 spiro atoms. The van der Waals surface area contributed by atoms with Crippen LogP contribution in [0.15, 0.2) is 18.2 Å². The van der Waals surface area contributed by atoms with Crippen molar-refractivity contribution in [2.45, 2.75) is 6.92 Å². The molecule has 1 aromatic rings. The number of hydrogen-bond donors (Lipinski definition) is 3. The van der Waals surface area contributed by atoms with E-state index < -0.39 is 24.5 Å². The lowest BCUT2D eigenvalue weighted by Gasteiger charge is -2.09. The van der Waals surface area contributed by atoms with Crippen molar-refractivity contribution in [3.8, 4) is 5.75 Å². The third kappa shape index (κ3) is 3.78. The van der Waals surface area contributed by atoms with Gasteiger partial charge in [0.05, 0.1) is 0 Å². The van der Waals surface area contributed by atoms with E-state index in [0.29, 0.717) is 0 Å². The predicted molar refractivity (Wildman–Crippen MR) is 61.4 cm³/mol. The first kappa shape index (κ1) is 13.5. The van der Waals surface area contributed by atoms with E-state index in [1.54, 1.807) is 18.3 Å². The molecule has 0 aliphatic rings. The first-order valence-corrected chi connectivity index (χ1v) is 4.96. The number of rotatable bonds is 4. The summed E-state index contributed by atoms with van der Waals surface area (Å²) < 4.78 is 5.02. The van der Waals surface area contributed by atoms with E-state index in [4.69, 9.17) is 15.6 Å². The van der Waals surface area contributed by atoms with Crippen LogP contribution >= 0.6 is 0 Å². The van der Waals surface area contributed by atoms with Crippen LogP contribution in [0.1, 0.15) is 15.9 Å². The number of nitrogens with one attached hydrogen (secondary N) is 1. The predicted octanol–water partition coefficient (Wildman–Crippen LogP) is 0.267. The van der Waals surface area contributed by atoms with Crippen molar-refractivity contribution in [3.05, 3.63) is 29.3 Å². The van der Waals surface area contributed by atoms with Gasteiger partial charge in [-0.1, -0.05) is 11.6 Å². The van der Waals surface area contributed by atoms with Crippen molar-refractivity contribution in [2.75, 3.05) is 6.61 Å². The molecule has 0 heterocycles. The number of primary amides is 1. The quantitative estimate of drug-likeness (QED) is 0.710. The molecule has 0 atom stereocenters. The molecule has 7 nitrogen and oxygen atoms in total. The zero-order chi connectivity index (χ0) is 13.7. The van der Waals surface area contributed by atoms with Crippen LogP contribution in [0.2, 0.25) is 0 Å². The summed E-state index contributed by atoms with van der Waals surface area (Å²) in [6, 6.07) is 3.51. The number of aryl methyl sites for hydroxylation is 1. The normalized spacial score (nSPS) is 9.61. The fourth-order valence-corrected chi connectivity index (χ4v) is 1.25. The molecule has 3 amide bonds. The molecule has 0 aromatic heterocycles. The number of carbonyl (C=O) groups is 3. The summed E-state index contributed by atoms with van der Waals surface area (Å²) in [5.41, 5.74) is 5.44. The number of urea groups is 1. The van der Waals surface area contributed by atoms with Crippen LogP contribution < -0.4 is 15.8 Å². The maximum Gasteiger partial charge on any atom is 0.339 e. The van der Waals surface area contributed by atoms with E-state index in [0.717, 1.165) is 5.56 Å². The van der Waals surface area contributed by atoms with E-state index in [-0.39, 0.29) is 11.3 Å². The average molecular weight is 252 g/mol. The molecule has 0 aliphatic heterocycles. The highest BCUT2D eigenvalue weighted by Gasteiger charge is 2.13. The Morgan fingerprint density at radius 3 is 2.61 bits per heavy atom. The Morgan fingerprint density at radius 1 is 1.39 bits per heavy atom. The van der Waals surface area contributed by atoms with Crippen molar-refractivity contribution in [3.63, 3.8) is 0 Å². The molecule has 0 bridgehead atoms. The van der Waals surface area contributed by atoms with Gasteiger partial charge in [0, 0.05) is 0 Å². The van der Waals surface area contributed by atoms with Crippen molar-refractivity contribution in [2.24, 2.45) is 5.73 Å². The van der Waals surface area contributed by atoms with Gasteiger partial charge in [-0.15, -0.1) is 0 Å². The van der Waals surface area contributed by atoms with Crippen LogP contribution in [0, 0.1) is 6.92 Å². The van der Waals surface area contributed by atoms with Crippen molar-refractivity contribution < 1.29 is 24.2 Å². The first-order valence-electron chi connectivity index (χ1n) is 4.96. The number of hydrogen-bond acceptors (Lipinski definition) is 4. The van der Waals surface area contributed by atoms with E-state index in [2.05, 4.69) is 0 Å². The maximum absolute atomic E-state index is 11.1. The number of carbonyl (C=O) groups excluding carboxylic acids is 2. The van der Waals surface area contributed by atoms with Gasteiger partial charge in [-0.25, -0.2) is 9.59 Å². The van der Waals surface area contributed by atoms with Gasteiger partial charge in [-0.3, -0.25) is 10.1 Å². The van der Waals surface area contributed by atoms with E-state index in [1.165, 1.54) is 12.1 Å². The summed E-state index contributed by atoms with van der Waals surface area (Å²) in [6.45, 7) is 1.24. The maximum atomic E-state index is 11.1. The fourth-order valence-electron chi connectivity index (χ4n) is 1.25. The lowest BCUT2D eigenvalue weighted by atomic mass is 10.1. The number of carboxylic acid groups (broad SMARTS) is 1. The van der Waals surface area contributed by atoms with Crippen molar-refractivity contribution >= 4 is 17.9 Å². The molecule has 7 heteroatoms. The Labute approximate surface area is 103 Å². The summed E-state index contributed by atoms with van der Waals surface area (Å²) >= 11 is 0. The third-order valence-corrected chi connectivity index (χ3v) is 1.99. The molecule has 1 rings (SSSR count). The molecule has 18 heavy (non-hydrogen) atoms. The average Bonchev–Trinajstić information content (AvgIpc) is 2.26. The van der Waals surface area contributed by atoms with E-state index in [9.17, 15) is 14.4 Å². The number of ether oxygens (including phenoxy) is 1. The van der Waals surface area contributed by atoms with Crippen LogP contribution in [0.5, 0.6) is 5.75 Å². The topological polar surface area (TPSA) is 119 Å². The molecule has 4 N–H and O–H groups in total. The van der Waals surface area contributed by atoms with Gasteiger partial charge in [-0.05, 0) is 19.1 Å². The molecule has 0 saturated heterocycles. The zero-order valence-electron chi connectivity index (χ0n) is 9.60. The molecule has 0 unspecified atom stereocenters. The highest BCUT2D eigenvalue weighted by Crippen LogP contribution is 2.19. The first-order chi connectivity index (χ1) is 8.40. The van der Waals surface area contributed by atoms with Crippen LogP contribution in [0.25, 0.3) is 0 Å². The lowest BCUT2D eigenvalue weighted by molar-refractivity contribution is -0.121. The Kier molecular flexibility index (Phi) is 4.25. The van der Waals surface area contributed by atoms with Crippen molar-refractivity contribution in [1.29, 1.82) is 0 Å². The summed E-state index contributed by atoms with van der Waals surface area (Å²) in [5.74, 6) is -1.86. The molecule has 1 aromatic carbocycles. The molecule has 96 valence electrons. The monoisotopic (exact) mass is 252 g/mol. The van der Waals surface area contributed by atoms with Gasteiger partial charge < -0.3 is 15.6 Å². The van der Waals surface area contributed by atoms with Crippen LogP contribution in [0.4, 0.5) is 4.79 Å². The highest BCUT2D eigenvalue weighted by atomic mass is 16.5. The summed E-state index contributed by atoms with van der Waals surface area (Å²) in [6.07, 6.45) is 0. The Hall–Kier alpha value is -2.57. The fraction of sp³-hybridized carbons (Fsp3) is 0.182. The Morgan fingerprint density at radius 2 is 2.06 bits per heavy atom. The minimum Gasteiger partial charge on any atom is -0.483 e. The van der Waals surface area contributed by atoms with Crippen molar-refractivity contribution in [1.82, 2.24) is 5.32 Å². The van der Waals surface area contributed by atoms with Crippen LogP contribution in [-0.2, 0) is 4.79 Å². The SMILES string of the molecule is Cc1ccc(OCC(=O)NC(N)=O)c(C(=O)O)c1. The largest absolute Gasteiger partial charge is 0.483 e. The number of carboxylic acids is 1. The minimum absolute atomic E-state index is 0.0488. The zero-order valence-corrected chi connectivity index (χ0v) is 9.60. The van der Waals surface area contributed by atoms with E-state index >= 15 is 0 Å². The van der Waals surface area contributed by atoms with Gasteiger partial charge in [0.15, 0.2) is 6.61 Å². The molecule has 0 fully saturated rings. The van der Waals surface area contributed by atoms with Gasteiger partial charge in [0.25, 0.3) is 5.91 Å². The van der Waals surface area contributed by atoms with Crippen LogP contribution in [-0.4, -0.2) is 29.6 Å². The molecule has 0 radical (unpaired) electrons. The second kappa shape index (κ2) is 5.67. The summed E-state index contributed by atoms with van der Waals surface area (Å²) in [7, 11) is 0. The van der Waals surface area contributed by atoms with Crippen LogP contribution in [0.3, 0.4) is 0 Å². The minimum atomic E-state index is -1.16. The molecular formula is C11H12N2O5. The summed E-state index contributed by atoms with van der Waals surface area (Å²) in [4.78, 5) is 32.4. The molecular weight excluding hydrogens is 240 g/mol. The molecule has 0 aliphatic carbocycles. The Bertz CT molecular complexity index is 498. The van der Waals surface area contributed by atoms with E-state index in [1.807, 2.05) is 0 Å². The lowest BCUT2D eigenvalue weighted by Crippen LogP contribution is -2.38. The number of imide groups is 1. The Balaban J connectivity index is 2.76. The van der Waals surface area contributed by atoms with Gasteiger partial charge in [0.1, 0.15) is 11.3 Å². The number of amides is 3. The molecule has 0 saturated carbocycles. The number of aromatic carboxylic acids is 1. The van der Waals surface area contributed by atoms with Gasteiger partial charge >= 0.3 is 12.0 Å². The van der Waals surface area contributed by atoms with Gasteiger partial charge in [-0.2, -0.15) is 0 Å². The smallest absolute Gasteiger partial charge is 0.339 e. The summed E-state index contributed by atoms with van der Waals surface area (Å²) in [5, 5.41) is 10.7.